The van der Waals surface area contributed by atoms with Crippen molar-refractivity contribution in [1.82, 2.24) is 4.98 Å². The summed E-state index contributed by atoms with van der Waals surface area (Å²) in [5.74, 6) is -0.483. The van der Waals surface area contributed by atoms with Crippen LogP contribution in [0.25, 0.3) is 10.2 Å². The monoisotopic (exact) mass is 429 g/mol. The molecule has 1 aromatic heterocycles. The summed E-state index contributed by atoms with van der Waals surface area (Å²) in [6.45, 7) is 0. The third kappa shape index (κ3) is 3.23. The number of hydrogen-bond donors (Lipinski definition) is 1. The Hall–Kier alpha value is -4.04. The van der Waals surface area contributed by atoms with E-state index in [1.807, 2.05) is 12.1 Å². The van der Waals surface area contributed by atoms with Crippen molar-refractivity contribution in [3.05, 3.63) is 83.4 Å². The molecule has 0 saturated carbocycles. The summed E-state index contributed by atoms with van der Waals surface area (Å²) in [4.78, 5) is 43.7. The van der Waals surface area contributed by atoms with E-state index in [2.05, 4.69) is 10.3 Å². The maximum Gasteiger partial charge on any atom is 0.266 e. The van der Waals surface area contributed by atoms with Crippen molar-refractivity contribution in [3.8, 4) is 5.75 Å². The molecule has 1 aliphatic rings. The topological polar surface area (TPSA) is 88.6 Å². The van der Waals surface area contributed by atoms with Crippen LogP contribution in [0.2, 0.25) is 0 Å². The van der Waals surface area contributed by atoms with E-state index in [1.165, 1.54) is 17.4 Å². The number of imide groups is 1. The number of fused-ring (bicyclic) bond motifs is 2. The number of ether oxygens (including phenoxy) is 1. The minimum Gasteiger partial charge on any atom is -0.497 e. The lowest BCUT2D eigenvalue weighted by Gasteiger charge is -2.14. The first-order valence-electron chi connectivity index (χ1n) is 9.39. The van der Waals surface area contributed by atoms with Gasteiger partial charge in [0.15, 0.2) is 5.13 Å². The normalized spacial score (nSPS) is 12.9. The Labute approximate surface area is 180 Å². The number of aromatic nitrogens is 1. The van der Waals surface area contributed by atoms with Crippen LogP contribution in [0.5, 0.6) is 5.75 Å². The third-order valence-electron chi connectivity index (χ3n) is 4.98. The molecule has 1 N–H and O–H groups in total. The highest BCUT2D eigenvalue weighted by Gasteiger charge is 2.36. The third-order valence-corrected chi connectivity index (χ3v) is 5.91. The number of nitrogens with one attached hydrogen (secondary N) is 1. The van der Waals surface area contributed by atoms with Gasteiger partial charge in [-0.1, -0.05) is 29.5 Å². The summed E-state index contributed by atoms with van der Waals surface area (Å²) in [7, 11) is 1.59. The van der Waals surface area contributed by atoms with Crippen molar-refractivity contribution in [1.29, 1.82) is 0 Å². The zero-order valence-electron chi connectivity index (χ0n) is 16.3. The van der Waals surface area contributed by atoms with Crippen molar-refractivity contribution in [2.45, 2.75) is 0 Å². The first-order valence-corrected chi connectivity index (χ1v) is 10.2. The lowest BCUT2D eigenvalue weighted by atomic mass is 10.1. The molecule has 0 spiro atoms. The van der Waals surface area contributed by atoms with Gasteiger partial charge in [0, 0.05) is 5.56 Å². The molecule has 1 aliphatic heterocycles. The summed E-state index contributed by atoms with van der Waals surface area (Å²) in [5, 5.41) is 3.23. The summed E-state index contributed by atoms with van der Waals surface area (Å²) < 4.78 is 6.10. The maximum atomic E-state index is 12.8. The number of benzene rings is 3. The lowest BCUT2D eigenvalue weighted by molar-refractivity contribution is 0.0924. The number of carbonyl (C=O) groups excluding carboxylic acids is 3. The first kappa shape index (κ1) is 19.0. The SMILES string of the molecule is COc1ccc2nc(NC(=O)c3cccc(N4C(=O)c5ccccc5C4=O)c3)sc2c1. The summed E-state index contributed by atoms with van der Waals surface area (Å²) >= 11 is 1.33. The minimum absolute atomic E-state index is 0.311. The molecule has 7 nitrogen and oxygen atoms in total. The molecule has 3 amide bonds. The van der Waals surface area contributed by atoms with Crippen LogP contribution in [0, 0.1) is 0 Å². The standard InChI is InChI=1S/C23H15N3O4S/c1-30-15-9-10-18-19(12-15)31-23(24-18)25-20(27)13-5-4-6-14(11-13)26-21(28)16-7-2-3-8-17(16)22(26)29/h2-12H,1H3,(H,24,25,27). The highest BCUT2D eigenvalue weighted by atomic mass is 32.1. The van der Waals surface area contributed by atoms with Crippen LogP contribution >= 0.6 is 11.3 Å². The highest BCUT2D eigenvalue weighted by molar-refractivity contribution is 7.22. The number of thiazole rings is 1. The van der Waals surface area contributed by atoms with E-state index in [9.17, 15) is 14.4 Å². The molecule has 31 heavy (non-hydrogen) atoms. The molecule has 152 valence electrons. The average Bonchev–Trinajstić information content (AvgIpc) is 3.31. The largest absolute Gasteiger partial charge is 0.497 e. The molecular weight excluding hydrogens is 414 g/mol. The Bertz CT molecular complexity index is 1340. The van der Waals surface area contributed by atoms with Gasteiger partial charge in [0.25, 0.3) is 17.7 Å². The molecule has 5 rings (SSSR count). The molecule has 8 heteroatoms. The molecule has 0 aliphatic carbocycles. The second-order valence-electron chi connectivity index (χ2n) is 6.85. The Balaban J connectivity index is 1.41. The fraction of sp³-hybridized carbons (Fsp3) is 0.0435. The smallest absolute Gasteiger partial charge is 0.266 e. The number of hydrogen-bond acceptors (Lipinski definition) is 6. The number of methoxy groups -OCH3 is 1. The second kappa shape index (κ2) is 7.33. The van der Waals surface area contributed by atoms with Gasteiger partial charge in [0.2, 0.25) is 0 Å². The molecule has 2 heterocycles. The Morgan fingerprint density at radius 2 is 1.71 bits per heavy atom. The number of rotatable bonds is 4. The minimum atomic E-state index is -0.404. The molecule has 0 bridgehead atoms. The van der Waals surface area contributed by atoms with Gasteiger partial charge in [0.05, 0.1) is 34.1 Å². The highest BCUT2D eigenvalue weighted by Crippen LogP contribution is 2.31. The van der Waals surface area contributed by atoms with E-state index in [0.29, 0.717) is 33.3 Å². The molecule has 0 unspecified atom stereocenters. The quantitative estimate of drug-likeness (QED) is 0.487. The molecule has 4 aromatic rings. The Kier molecular flexibility index (Phi) is 4.48. The van der Waals surface area contributed by atoms with Gasteiger partial charge in [-0.15, -0.1) is 0 Å². The second-order valence-corrected chi connectivity index (χ2v) is 7.88. The van der Waals surface area contributed by atoms with Crippen molar-refractivity contribution >= 4 is 50.1 Å². The summed E-state index contributed by atoms with van der Waals surface area (Å²) in [5.41, 5.74) is 2.11. The van der Waals surface area contributed by atoms with Gasteiger partial charge in [-0.3, -0.25) is 19.7 Å². The van der Waals surface area contributed by atoms with Crippen LogP contribution in [0.4, 0.5) is 10.8 Å². The van der Waals surface area contributed by atoms with Crippen molar-refractivity contribution < 1.29 is 19.1 Å². The number of amides is 3. The molecule has 3 aromatic carbocycles. The summed E-state index contributed by atoms with van der Waals surface area (Å²) in [6.07, 6.45) is 0. The lowest BCUT2D eigenvalue weighted by Crippen LogP contribution is -2.29. The van der Waals surface area contributed by atoms with E-state index in [0.717, 1.165) is 15.1 Å². The van der Waals surface area contributed by atoms with Crippen LogP contribution < -0.4 is 15.0 Å². The Morgan fingerprint density at radius 1 is 0.968 bits per heavy atom. The van der Waals surface area contributed by atoms with E-state index in [-0.39, 0.29) is 5.91 Å². The average molecular weight is 429 g/mol. The van der Waals surface area contributed by atoms with E-state index in [4.69, 9.17) is 4.74 Å². The molecule has 0 saturated heterocycles. The fourth-order valence-corrected chi connectivity index (χ4v) is 4.35. The molecule has 0 radical (unpaired) electrons. The molecule has 0 fully saturated rings. The van der Waals surface area contributed by atoms with Crippen LogP contribution in [0.15, 0.2) is 66.7 Å². The molecular formula is C23H15N3O4S. The summed E-state index contributed by atoms with van der Waals surface area (Å²) in [6, 6.07) is 18.5. The zero-order valence-corrected chi connectivity index (χ0v) is 17.1. The van der Waals surface area contributed by atoms with Crippen LogP contribution in [0.3, 0.4) is 0 Å². The number of nitrogens with zero attached hydrogens (tertiary/aromatic N) is 2. The van der Waals surface area contributed by atoms with Crippen LogP contribution in [0.1, 0.15) is 31.1 Å². The predicted octanol–water partition coefficient (Wildman–Crippen LogP) is 4.36. The van der Waals surface area contributed by atoms with Gasteiger partial charge >= 0.3 is 0 Å². The molecule has 0 atom stereocenters. The number of carbonyl (C=O) groups is 3. The van der Waals surface area contributed by atoms with Crippen molar-refractivity contribution in [3.63, 3.8) is 0 Å². The van der Waals surface area contributed by atoms with Crippen LogP contribution in [-0.2, 0) is 0 Å². The Morgan fingerprint density at radius 3 is 2.42 bits per heavy atom. The van der Waals surface area contributed by atoms with E-state index < -0.39 is 11.8 Å². The van der Waals surface area contributed by atoms with Crippen molar-refractivity contribution in [2.24, 2.45) is 0 Å². The van der Waals surface area contributed by atoms with Gasteiger partial charge in [0.1, 0.15) is 5.75 Å². The van der Waals surface area contributed by atoms with Crippen LogP contribution in [-0.4, -0.2) is 29.8 Å². The van der Waals surface area contributed by atoms with Gasteiger partial charge in [-0.05, 0) is 48.5 Å². The van der Waals surface area contributed by atoms with Crippen molar-refractivity contribution in [2.75, 3.05) is 17.3 Å². The predicted molar refractivity (Wildman–Crippen MR) is 118 cm³/mol. The zero-order chi connectivity index (χ0) is 21.5. The fourth-order valence-electron chi connectivity index (χ4n) is 3.46. The maximum absolute atomic E-state index is 12.8. The first-order chi connectivity index (χ1) is 15.0. The number of anilines is 2. The van der Waals surface area contributed by atoms with E-state index >= 15 is 0 Å². The van der Waals surface area contributed by atoms with Gasteiger partial charge in [-0.2, -0.15) is 0 Å². The van der Waals surface area contributed by atoms with Gasteiger partial charge < -0.3 is 4.74 Å². The van der Waals surface area contributed by atoms with E-state index in [1.54, 1.807) is 55.6 Å². The van der Waals surface area contributed by atoms with Gasteiger partial charge in [-0.25, -0.2) is 9.88 Å².